The number of hydrogen-bond acceptors (Lipinski definition) is 2. The van der Waals surface area contributed by atoms with Gasteiger partial charge in [0.05, 0.1) is 5.69 Å². The zero-order valence-corrected chi connectivity index (χ0v) is 12.7. The Hall–Kier alpha value is -1.29. The van der Waals surface area contributed by atoms with E-state index in [2.05, 4.69) is 45.3 Å². The predicted octanol–water partition coefficient (Wildman–Crippen LogP) is 3.77. The van der Waals surface area contributed by atoms with Crippen molar-refractivity contribution in [3.8, 4) is 11.1 Å². The molecule has 1 fully saturated rings. The molecule has 2 N–H and O–H groups in total. The largest absolute Gasteiger partial charge is 0.383 e. The minimum absolute atomic E-state index is 0.761. The van der Waals surface area contributed by atoms with Gasteiger partial charge < -0.3 is 5.73 Å². The number of rotatable bonds is 3. The van der Waals surface area contributed by atoms with E-state index in [-0.39, 0.29) is 0 Å². The Labute approximate surface area is 121 Å². The molecule has 3 rings (SSSR count). The topological polar surface area (TPSA) is 43.8 Å². The third-order valence-corrected chi connectivity index (χ3v) is 4.53. The maximum Gasteiger partial charge on any atom is 0.129 e. The quantitative estimate of drug-likeness (QED) is 0.935. The zero-order valence-electron chi connectivity index (χ0n) is 11.1. The van der Waals surface area contributed by atoms with Crippen molar-refractivity contribution in [3.05, 3.63) is 34.4 Å². The summed E-state index contributed by atoms with van der Waals surface area (Å²) < 4.78 is 2.88. The SMILES string of the molecule is Cn1nc(CC2CCC2)c(-c2ccc(Br)cc2)c1N. The molecule has 0 saturated heterocycles. The molecule has 1 aliphatic rings. The van der Waals surface area contributed by atoms with Crippen molar-refractivity contribution in [2.45, 2.75) is 25.7 Å². The fraction of sp³-hybridized carbons (Fsp3) is 0.400. The molecule has 1 aromatic heterocycles. The van der Waals surface area contributed by atoms with Crippen LogP contribution in [0.2, 0.25) is 0 Å². The van der Waals surface area contributed by atoms with Crippen molar-refractivity contribution in [2.24, 2.45) is 13.0 Å². The molecule has 4 heteroatoms. The highest BCUT2D eigenvalue weighted by Gasteiger charge is 2.23. The molecule has 3 nitrogen and oxygen atoms in total. The Morgan fingerprint density at radius 1 is 1.32 bits per heavy atom. The van der Waals surface area contributed by atoms with E-state index in [9.17, 15) is 0 Å². The Bertz CT molecular complexity index is 582. The number of benzene rings is 1. The van der Waals surface area contributed by atoms with Crippen LogP contribution in [0.1, 0.15) is 25.0 Å². The Morgan fingerprint density at radius 3 is 2.58 bits per heavy atom. The van der Waals surface area contributed by atoms with Crippen LogP contribution in [-0.4, -0.2) is 9.78 Å². The van der Waals surface area contributed by atoms with Gasteiger partial charge in [-0.15, -0.1) is 0 Å². The Kier molecular flexibility index (Phi) is 3.35. The summed E-state index contributed by atoms with van der Waals surface area (Å²) in [6.45, 7) is 0. The number of halogens is 1. The second kappa shape index (κ2) is 5.00. The fourth-order valence-corrected chi connectivity index (χ4v) is 2.90. The highest BCUT2D eigenvalue weighted by Crippen LogP contribution is 2.35. The Balaban J connectivity index is 2.00. The number of nitrogens with zero attached hydrogens (tertiary/aromatic N) is 2. The van der Waals surface area contributed by atoms with Gasteiger partial charge in [0.15, 0.2) is 0 Å². The van der Waals surface area contributed by atoms with Crippen LogP contribution >= 0.6 is 15.9 Å². The average Bonchev–Trinajstić information content (AvgIpc) is 2.62. The number of aromatic nitrogens is 2. The lowest BCUT2D eigenvalue weighted by Crippen LogP contribution is -2.14. The number of anilines is 1. The summed E-state index contributed by atoms with van der Waals surface area (Å²) in [6.07, 6.45) is 5.07. The molecule has 2 aromatic rings. The second-order valence-corrected chi connectivity index (χ2v) is 6.25. The van der Waals surface area contributed by atoms with Crippen LogP contribution in [0, 0.1) is 5.92 Å². The number of nitrogens with two attached hydrogens (primary N) is 1. The number of aryl methyl sites for hydroxylation is 1. The predicted molar refractivity (Wildman–Crippen MR) is 81.8 cm³/mol. The average molecular weight is 320 g/mol. The lowest BCUT2D eigenvalue weighted by Gasteiger charge is -2.24. The molecule has 1 aliphatic carbocycles. The van der Waals surface area contributed by atoms with E-state index in [1.165, 1.54) is 19.3 Å². The summed E-state index contributed by atoms with van der Waals surface area (Å²) >= 11 is 3.47. The first kappa shape index (κ1) is 12.7. The van der Waals surface area contributed by atoms with Crippen LogP contribution in [0.5, 0.6) is 0 Å². The smallest absolute Gasteiger partial charge is 0.129 e. The number of nitrogen functional groups attached to an aromatic ring is 1. The van der Waals surface area contributed by atoms with Gasteiger partial charge in [-0.1, -0.05) is 47.3 Å². The van der Waals surface area contributed by atoms with Gasteiger partial charge in [-0.3, -0.25) is 4.68 Å². The van der Waals surface area contributed by atoms with Crippen LogP contribution in [0.15, 0.2) is 28.7 Å². The first-order chi connectivity index (χ1) is 9.15. The molecule has 1 aromatic carbocycles. The monoisotopic (exact) mass is 319 g/mol. The summed E-state index contributed by atoms with van der Waals surface area (Å²) in [5.41, 5.74) is 9.61. The van der Waals surface area contributed by atoms with Gasteiger partial charge in [-0.2, -0.15) is 5.10 Å². The minimum Gasteiger partial charge on any atom is -0.383 e. The maximum atomic E-state index is 6.20. The van der Waals surface area contributed by atoms with E-state index in [0.29, 0.717) is 0 Å². The second-order valence-electron chi connectivity index (χ2n) is 5.34. The van der Waals surface area contributed by atoms with Gasteiger partial charge in [0.2, 0.25) is 0 Å². The third-order valence-electron chi connectivity index (χ3n) is 4.00. The molecule has 0 spiro atoms. The fourth-order valence-electron chi connectivity index (χ4n) is 2.64. The lowest BCUT2D eigenvalue weighted by atomic mass is 9.81. The molecule has 100 valence electrons. The van der Waals surface area contributed by atoms with E-state index in [4.69, 9.17) is 5.73 Å². The van der Waals surface area contributed by atoms with Crippen molar-refractivity contribution in [1.82, 2.24) is 9.78 Å². The first-order valence-corrected chi connectivity index (χ1v) is 7.51. The Morgan fingerprint density at radius 2 is 2.00 bits per heavy atom. The molecule has 0 unspecified atom stereocenters. The van der Waals surface area contributed by atoms with Crippen molar-refractivity contribution >= 4 is 21.7 Å². The molecule has 0 aliphatic heterocycles. The van der Waals surface area contributed by atoms with Gasteiger partial charge in [-0.05, 0) is 30.0 Å². The molecule has 19 heavy (non-hydrogen) atoms. The normalized spacial score (nSPS) is 15.5. The molecule has 1 heterocycles. The lowest BCUT2D eigenvalue weighted by molar-refractivity contribution is 0.311. The van der Waals surface area contributed by atoms with E-state index in [1.54, 1.807) is 4.68 Å². The molecular formula is C15H18BrN3. The van der Waals surface area contributed by atoms with Crippen LogP contribution in [0.4, 0.5) is 5.82 Å². The molecular weight excluding hydrogens is 302 g/mol. The summed E-state index contributed by atoms with van der Waals surface area (Å²) in [6, 6.07) is 8.30. The standard InChI is InChI=1S/C15H18BrN3/c1-19-15(17)14(11-5-7-12(16)8-6-11)13(18-19)9-10-3-2-4-10/h5-8,10H,2-4,9,17H2,1H3. The van der Waals surface area contributed by atoms with Gasteiger partial charge in [0.1, 0.15) is 5.82 Å². The summed E-state index contributed by atoms with van der Waals surface area (Å²) in [7, 11) is 1.92. The van der Waals surface area contributed by atoms with Gasteiger partial charge >= 0.3 is 0 Å². The molecule has 0 bridgehead atoms. The van der Waals surface area contributed by atoms with Gasteiger partial charge in [-0.25, -0.2) is 0 Å². The summed E-state index contributed by atoms with van der Waals surface area (Å²) in [5.74, 6) is 1.56. The highest BCUT2D eigenvalue weighted by atomic mass is 79.9. The van der Waals surface area contributed by atoms with Crippen LogP contribution in [0.25, 0.3) is 11.1 Å². The zero-order chi connectivity index (χ0) is 13.4. The van der Waals surface area contributed by atoms with E-state index in [0.717, 1.165) is 39.5 Å². The molecule has 1 saturated carbocycles. The van der Waals surface area contributed by atoms with Crippen molar-refractivity contribution in [1.29, 1.82) is 0 Å². The van der Waals surface area contributed by atoms with Crippen molar-refractivity contribution in [2.75, 3.05) is 5.73 Å². The van der Waals surface area contributed by atoms with E-state index < -0.39 is 0 Å². The first-order valence-electron chi connectivity index (χ1n) is 6.72. The third kappa shape index (κ3) is 2.41. The van der Waals surface area contributed by atoms with E-state index in [1.807, 2.05) is 7.05 Å². The summed E-state index contributed by atoms with van der Waals surface area (Å²) in [4.78, 5) is 0. The maximum absolute atomic E-state index is 6.20. The van der Waals surface area contributed by atoms with Crippen LogP contribution in [0.3, 0.4) is 0 Å². The minimum atomic E-state index is 0.761. The molecule has 0 radical (unpaired) electrons. The number of hydrogen-bond donors (Lipinski definition) is 1. The van der Waals surface area contributed by atoms with Crippen LogP contribution in [-0.2, 0) is 13.5 Å². The molecule has 0 amide bonds. The van der Waals surface area contributed by atoms with Crippen molar-refractivity contribution < 1.29 is 0 Å². The van der Waals surface area contributed by atoms with Crippen molar-refractivity contribution in [3.63, 3.8) is 0 Å². The van der Waals surface area contributed by atoms with Crippen LogP contribution < -0.4 is 5.73 Å². The highest BCUT2D eigenvalue weighted by molar-refractivity contribution is 9.10. The van der Waals surface area contributed by atoms with E-state index >= 15 is 0 Å². The summed E-state index contributed by atoms with van der Waals surface area (Å²) in [5, 5.41) is 4.61. The van der Waals surface area contributed by atoms with Gasteiger partial charge in [0, 0.05) is 17.1 Å². The van der Waals surface area contributed by atoms with Gasteiger partial charge in [0.25, 0.3) is 0 Å². The molecule has 0 atom stereocenters.